The van der Waals surface area contributed by atoms with E-state index in [4.69, 9.17) is 26.5 Å². The Labute approximate surface area is 124 Å². The van der Waals surface area contributed by atoms with Crippen LogP contribution in [0, 0.1) is 5.92 Å². The van der Waals surface area contributed by atoms with Crippen LogP contribution in [0.3, 0.4) is 0 Å². The summed E-state index contributed by atoms with van der Waals surface area (Å²) in [7, 11) is 0. The van der Waals surface area contributed by atoms with Gasteiger partial charge >= 0.3 is 0 Å². The third-order valence-corrected chi connectivity index (χ3v) is 4.36. The fraction of sp³-hybridized carbons (Fsp3) is 0.500. The molecule has 1 heterocycles. The molecule has 108 valence electrons. The highest BCUT2D eigenvalue weighted by atomic mass is 35.5. The summed E-state index contributed by atoms with van der Waals surface area (Å²) in [5.74, 6) is 1.47. The van der Waals surface area contributed by atoms with Crippen molar-refractivity contribution in [2.75, 3.05) is 6.61 Å². The van der Waals surface area contributed by atoms with Gasteiger partial charge in [0.2, 0.25) is 0 Å². The second-order valence-corrected chi connectivity index (χ2v) is 5.97. The first kappa shape index (κ1) is 13.9. The maximum atomic E-state index is 6.26. The quantitative estimate of drug-likeness (QED) is 0.894. The maximum Gasteiger partial charge on any atom is 0.152 e. The molecular formula is C16H20ClNO2. The number of para-hydroxylation sites is 1. The summed E-state index contributed by atoms with van der Waals surface area (Å²) in [6, 6.07) is 7.70. The first-order chi connectivity index (χ1) is 9.67. The molecule has 4 heteroatoms. The van der Waals surface area contributed by atoms with Crippen LogP contribution < -0.4 is 5.73 Å². The van der Waals surface area contributed by atoms with Crippen LogP contribution in [0.15, 0.2) is 28.7 Å². The Morgan fingerprint density at radius 1 is 1.45 bits per heavy atom. The minimum absolute atomic E-state index is 0.0638. The molecule has 1 unspecified atom stereocenters. The molecule has 3 rings (SSSR count). The van der Waals surface area contributed by atoms with Gasteiger partial charge in [0, 0.05) is 12.0 Å². The Morgan fingerprint density at radius 2 is 2.25 bits per heavy atom. The third kappa shape index (κ3) is 2.71. The number of benzene rings is 1. The summed E-state index contributed by atoms with van der Waals surface area (Å²) >= 11 is 6.12. The summed E-state index contributed by atoms with van der Waals surface area (Å²) in [6.07, 6.45) is 3.61. The summed E-state index contributed by atoms with van der Waals surface area (Å²) in [6.45, 7) is 2.84. The predicted octanol–water partition coefficient (Wildman–Crippen LogP) is 4.29. The van der Waals surface area contributed by atoms with E-state index in [1.165, 1.54) is 0 Å². The highest BCUT2D eigenvalue weighted by molar-refractivity contribution is 6.34. The molecule has 2 N–H and O–H groups in total. The van der Waals surface area contributed by atoms with E-state index >= 15 is 0 Å². The Bertz CT molecular complexity index is 589. The van der Waals surface area contributed by atoms with Crippen LogP contribution in [0.4, 0.5) is 0 Å². The zero-order valence-corrected chi connectivity index (χ0v) is 12.4. The van der Waals surface area contributed by atoms with Gasteiger partial charge in [0.25, 0.3) is 0 Å². The van der Waals surface area contributed by atoms with Gasteiger partial charge in [-0.05, 0) is 44.2 Å². The van der Waals surface area contributed by atoms with Crippen molar-refractivity contribution in [2.45, 2.75) is 38.3 Å². The summed E-state index contributed by atoms with van der Waals surface area (Å²) in [5.41, 5.74) is 7.00. The van der Waals surface area contributed by atoms with Gasteiger partial charge in [0.05, 0.1) is 17.2 Å². The largest absolute Gasteiger partial charge is 0.458 e. The van der Waals surface area contributed by atoms with Gasteiger partial charge in [-0.1, -0.05) is 23.7 Å². The second-order valence-electron chi connectivity index (χ2n) is 5.56. The van der Waals surface area contributed by atoms with Gasteiger partial charge in [0.1, 0.15) is 5.76 Å². The molecule has 0 aliphatic heterocycles. The maximum absolute atomic E-state index is 6.26. The van der Waals surface area contributed by atoms with Crippen LogP contribution in [-0.4, -0.2) is 12.7 Å². The van der Waals surface area contributed by atoms with E-state index in [0.717, 1.165) is 42.6 Å². The van der Waals surface area contributed by atoms with E-state index in [1.807, 2.05) is 31.2 Å². The fourth-order valence-corrected chi connectivity index (χ4v) is 3.16. The molecule has 1 saturated carbocycles. The Morgan fingerprint density at radius 3 is 2.95 bits per heavy atom. The lowest BCUT2D eigenvalue weighted by molar-refractivity contribution is -0.0286. The highest BCUT2D eigenvalue weighted by Gasteiger charge is 2.31. The van der Waals surface area contributed by atoms with Gasteiger partial charge in [0.15, 0.2) is 5.58 Å². The number of fused-ring (bicyclic) bond motifs is 1. The van der Waals surface area contributed by atoms with E-state index in [0.29, 0.717) is 17.0 Å². The Balaban J connectivity index is 1.64. The summed E-state index contributed by atoms with van der Waals surface area (Å²) in [5, 5.41) is 1.66. The van der Waals surface area contributed by atoms with Crippen molar-refractivity contribution < 1.29 is 9.15 Å². The average Bonchev–Trinajstić information content (AvgIpc) is 2.82. The van der Waals surface area contributed by atoms with Crippen LogP contribution in [0.1, 0.15) is 38.0 Å². The molecule has 0 bridgehead atoms. The van der Waals surface area contributed by atoms with E-state index in [-0.39, 0.29) is 6.04 Å². The number of halogens is 1. The molecule has 1 aliphatic rings. The lowest BCUT2D eigenvalue weighted by Gasteiger charge is -2.36. The molecule has 1 fully saturated rings. The second kappa shape index (κ2) is 5.76. The number of ether oxygens (including phenoxy) is 1. The smallest absolute Gasteiger partial charge is 0.152 e. The molecule has 20 heavy (non-hydrogen) atoms. The molecule has 1 atom stereocenters. The van der Waals surface area contributed by atoms with Crippen LogP contribution in [0.25, 0.3) is 11.0 Å². The lowest BCUT2D eigenvalue weighted by Crippen LogP contribution is -2.33. The highest BCUT2D eigenvalue weighted by Crippen LogP contribution is 2.37. The Kier molecular flexibility index (Phi) is 4.01. The van der Waals surface area contributed by atoms with E-state index in [9.17, 15) is 0 Å². The number of hydrogen-bond acceptors (Lipinski definition) is 3. The van der Waals surface area contributed by atoms with Gasteiger partial charge < -0.3 is 14.9 Å². The van der Waals surface area contributed by atoms with Crippen molar-refractivity contribution in [3.8, 4) is 0 Å². The first-order valence-electron chi connectivity index (χ1n) is 7.22. The van der Waals surface area contributed by atoms with Crippen molar-refractivity contribution in [1.29, 1.82) is 0 Å². The number of nitrogens with two attached hydrogens (primary N) is 1. The fourth-order valence-electron chi connectivity index (χ4n) is 2.94. The van der Waals surface area contributed by atoms with Crippen molar-refractivity contribution >= 4 is 22.6 Å². The number of furan rings is 1. The van der Waals surface area contributed by atoms with Crippen molar-refractivity contribution in [3.63, 3.8) is 0 Å². The zero-order chi connectivity index (χ0) is 14.1. The minimum atomic E-state index is -0.0638. The van der Waals surface area contributed by atoms with Gasteiger partial charge in [-0.3, -0.25) is 0 Å². The van der Waals surface area contributed by atoms with E-state index < -0.39 is 0 Å². The molecule has 1 aromatic carbocycles. The van der Waals surface area contributed by atoms with Crippen molar-refractivity contribution in [3.05, 3.63) is 35.0 Å². The molecule has 1 aromatic heterocycles. The lowest BCUT2D eigenvalue weighted by atomic mass is 9.78. The standard InChI is InChI=1S/C16H20ClNO2/c1-2-19-12-6-10(7-12)8-14(18)15-9-11-4-3-5-13(17)16(11)20-15/h3-5,9-10,12,14H,2,6-8,18H2,1H3. The molecule has 0 amide bonds. The van der Waals surface area contributed by atoms with Crippen LogP contribution in [0.5, 0.6) is 0 Å². The number of hydrogen-bond donors (Lipinski definition) is 1. The summed E-state index contributed by atoms with van der Waals surface area (Å²) < 4.78 is 11.4. The average molecular weight is 294 g/mol. The van der Waals surface area contributed by atoms with E-state index in [1.54, 1.807) is 0 Å². The molecule has 0 saturated heterocycles. The minimum Gasteiger partial charge on any atom is -0.458 e. The van der Waals surface area contributed by atoms with Gasteiger partial charge in [-0.2, -0.15) is 0 Å². The topological polar surface area (TPSA) is 48.4 Å². The molecule has 2 aromatic rings. The zero-order valence-electron chi connectivity index (χ0n) is 11.6. The SMILES string of the molecule is CCOC1CC(CC(N)c2cc3cccc(Cl)c3o2)C1. The molecule has 0 radical (unpaired) electrons. The Hall–Kier alpha value is -1.03. The van der Waals surface area contributed by atoms with E-state index in [2.05, 4.69) is 0 Å². The van der Waals surface area contributed by atoms with Crippen molar-refractivity contribution in [1.82, 2.24) is 0 Å². The predicted molar refractivity (Wildman–Crippen MR) is 80.9 cm³/mol. The van der Waals surface area contributed by atoms with Gasteiger partial charge in [-0.25, -0.2) is 0 Å². The molecule has 1 aliphatic carbocycles. The molecule has 0 spiro atoms. The van der Waals surface area contributed by atoms with Crippen LogP contribution in [-0.2, 0) is 4.74 Å². The van der Waals surface area contributed by atoms with Crippen molar-refractivity contribution in [2.24, 2.45) is 11.7 Å². The number of rotatable bonds is 5. The monoisotopic (exact) mass is 293 g/mol. The van der Waals surface area contributed by atoms with Crippen LogP contribution in [0.2, 0.25) is 5.02 Å². The third-order valence-electron chi connectivity index (χ3n) is 4.06. The first-order valence-corrected chi connectivity index (χ1v) is 7.60. The summed E-state index contributed by atoms with van der Waals surface area (Å²) in [4.78, 5) is 0. The molecular weight excluding hydrogens is 274 g/mol. The van der Waals surface area contributed by atoms with Crippen LogP contribution >= 0.6 is 11.6 Å². The molecule has 3 nitrogen and oxygen atoms in total. The van der Waals surface area contributed by atoms with Gasteiger partial charge in [-0.15, -0.1) is 0 Å². The normalized spacial score (nSPS) is 23.8.